The van der Waals surface area contributed by atoms with Crippen molar-refractivity contribution in [3.63, 3.8) is 0 Å². The third kappa shape index (κ3) is 1.79. The average molecular weight is 194 g/mol. The Labute approximate surface area is 87.2 Å². The van der Waals surface area contributed by atoms with Crippen molar-refractivity contribution >= 4 is 5.84 Å². The molecule has 14 heavy (non-hydrogen) atoms. The largest absolute Gasteiger partial charge is 0.361 e. The quantitative estimate of drug-likeness (QED) is 0.504. The molecule has 1 aliphatic carbocycles. The van der Waals surface area contributed by atoms with Gasteiger partial charge in [0.2, 0.25) is 0 Å². The molecule has 2 fully saturated rings. The maximum absolute atomic E-state index is 7.82. The zero-order valence-corrected chi connectivity index (χ0v) is 9.31. The molecule has 2 rings (SSSR count). The molecule has 0 atom stereocenters. The molecular weight excluding hydrogens is 172 g/mol. The highest BCUT2D eigenvalue weighted by molar-refractivity contribution is 5.78. The Morgan fingerprint density at radius 2 is 1.71 bits per heavy atom. The van der Waals surface area contributed by atoms with Crippen molar-refractivity contribution in [3.05, 3.63) is 0 Å². The van der Waals surface area contributed by atoms with Gasteiger partial charge in [0.25, 0.3) is 0 Å². The smallest absolute Gasteiger partial charge is 0.0954 e. The summed E-state index contributed by atoms with van der Waals surface area (Å²) in [6.07, 6.45) is 9.40. The second-order valence-electron chi connectivity index (χ2n) is 4.99. The highest BCUT2D eigenvalue weighted by Gasteiger charge is 2.36. The standard InChI is InChI=1S/C12H22N2/c1-2-11(13)14-9-7-12(8-10-14)5-3-4-6-12/h13H,2-10H2,1H3. The van der Waals surface area contributed by atoms with Crippen molar-refractivity contribution < 1.29 is 0 Å². The molecule has 0 amide bonds. The van der Waals surface area contributed by atoms with Crippen LogP contribution in [0.25, 0.3) is 0 Å². The van der Waals surface area contributed by atoms with Gasteiger partial charge in [-0.2, -0.15) is 0 Å². The summed E-state index contributed by atoms with van der Waals surface area (Å²) in [6.45, 7) is 4.38. The fourth-order valence-electron chi connectivity index (χ4n) is 3.10. The van der Waals surface area contributed by atoms with Gasteiger partial charge in [-0.15, -0.1) is 0 Å². The van der Waals surface area contributed by atoms with Gasteiger partial charge >= 0.3 is 0 Å². The molecule has 0 radical (unpaired) electrons. The second kappa shape index (κ2) is 3.92. The molecule has 1 heterocycles. The third-order valence-electron chi connectivity index (χ3n) is 4.20. The van der Waals surface area contributed by atoms with Gasteiger partial charge < -0.3 is 4.90 Å². The van der Waals surface area contributed by atoms with Gasteiger partial charge in [0.1, 0.15) is 0 Å². The van der Waals surface area contributed by atoms with Gasteiger partial charge in [0.15, 0.2) is 0 Å². The van der Waals surface area contributed by atoms with Crippen LogP contribution in [0, 0.1) is 10.8 Å². The van der Waals surface area contributed by atoms with Crippen LogP contribution in [0.3, 0.4) is 0 Å². The van der Waals surface area contributed by atoms with E-state index in [1.807, 2.05) is 0 Å². The topological polar surface area (TPSA) is 27.1 Å². The van der Waals surface area contributed by atoms with E-state index in [4.69, 9.17) is 5.41 Å². The Morgan fingerprint density at radius 1 is 1.14 bits per heavy atom. The first-order valence-corrected chi connectivity index (χ1v) is 6.08. The lowest BCUT2D eigenvalue weighted by Gasteiger charge is -2.40. The van der Waals surface area contributed by atoms with Crippen LogP contribution in [0.2, 0.25) is 0 Å². The summed E-state index contributed by atoms with van der Waals surface area (Å²) in [7, 11) is 0. The molecule has 80 valence electrons. The van der Waals surface area contributed by atoms with Crippen LogP contribution < -0.4 is 0 Å². The molecule has 1 aliphatic heterocycles. The SMILES string of the molecule is CCC(=N)N1CCC2(CCCC2)CC1. The maximum atomic E-state index is 7.82. The molecule has 0 aromatic heterocycles. The normalized spacial score (nSPS) is 25.6. The van der Waals surface area contributed by atoms with Crippen LogP contribution in [-0.4, -0.2) is 23.8 Å². The Kier molecular flexibility index (Phi) is 2.80. The monoisotopic (exact) mass is 194 g/mol. The molecule has 0 bridgehead atoms. The number of hydrogen-bond donors (Lipinski definition) is 1. The lowest BCUT2D eigenvalue weighted by atomic mass is 9.77. The van der Waals surface area contributed by atoms with Crippen molar-refractivity contribution in [2.24, 2.45) is 5.41 Å². The Bertz CT molecular complexity index is 206. The predicted octanol–water partition coefficient (Wildman–Crippen LogP) is 3.03. The molecule has 2 nitrogen and oxygen atoms in total. The summed E-state index contributed by atoms with van der Waals surface area (Å²) in [4.78, 5) is 2.28. The van der Waals surface area contributed by atoms with E-state index < -0.39 is 0 Å². The van der Waals surface area contributed by atoms with Gasteiger partial charge in [-0.1, -0.05) is 19.8 Å². The van der Waals surface area contributed by atoms with Gasteiger partial charge in [0, 0.05) is 19.5 Å². The zero-order valence-electron chi connectivity index (χ0n) is 9.31. The molecule has 1 saturated carbocycles. The lowest BCUT2D eigenvalue weighted by molar-refractivity contribution is 0.152. The first kappa shape index (κ1) is 10.0. The van der Waals surface area contributed by atoms with E-state index >= 15 is 0 Å². The number of nitrogens with zero attached hydrogens (tertiary/aromatic N) is 1. The van der Waals surface area contributed by atoms with Crippen molar-refractivity contribution in [3.8, 4) is 0 Å². The minimum atomic E-state index is 0.699. The van der Waals surface area contributed by atoms with Gasteiger partial charge in [-0.3, -0.25) is 5.41 Å². The Balaban J connectivity index is 1.88. The minimum Gasteiger partial charge on any atom is -0.361 e. The van der Waals surface area contributed by atoms with E-state index in [9.17, 15) is 0 Å². The first-order chi connectivity index (χ1) is 6.76. The summed E-state index contributed by atoms with van der Waals surface area (Å²) in [5.41, 5.74) is 0.699. The van der Waals surface area contributed by atoms with Crippen molar-refractivity contribution in [1.82, 2.24) is 4.90 Å². The molecule has 2 aliphatic rings. The molecule has 0 unspecified atom stereocenters. The van der Waals surface area contributed by atoms with Gasteiger partial charge in [0.05, 0.1) is 5.84 Å². The van der Waals surface area contributed by atoms with E-state index in [2.05, 4.69) is 11.8 Å². The average Bonchev–Trinajstić information content (AvgIpc) is 2.67. The lowest BCUT2D eigenvalue weighted by Crippen LogP contribution is -2.41. The minimum absolute atomic E-state index is 0.699. The van der Waals surface area contributed by atoms with Crippen LogP contribution in [0.15, 0.2) is 0 Å². The summed E-state index contributed by atoms with van der Waals surface area (Å²) in [5.74, 6) is 0.845. The second-order valence-corrected chi connectivity index (χ2v) is 4.99. The summed E-state index contributed by atoms with van der Waals surface area (Å²) in [5, 5.41) is 7.82. The van der Waals surface area contributed by atoms with Gasteiger partial charge in [-0.05, 0) is 31.1 Å². The number of piperidine rings is 1. The summed E-state index contributed by atoms with van der Waals surface area (Å²) < 4.78 is 0. The molecule has 2 heteroatoms. The highest BCUT2D eigenvalue weighted by Crippen LogP contribution is 2.46. The molecule has 1 spiro atoms. The van der Waals surface area contributed by atoms with Crippen LogP contribution >= 0.6 is 0 Å². The molecule has 1 saturated heterocycles. The molecular formula is C12H22N2. The van der Waals surface area contributed by atoms with Crippen molar-refractivity contribution in [1.29, 1.82) is 5.41 Å². The number of nitrogens with one attached hydrogen (secondary N) is 1. The molecule has 0 aromatic rings. The van der Waals surface area contributed by atoms with Gasteiger partial charge in [-0.25, -0.2) is 0 Å². The number of rotatable bonds is 1. The summed E-state index contributed by atoms with van der Waals surface area (Å²) in [6, 6.07) is 0. The van der Waals surface area contributed by atoms with E-state index in [0.717, 1.165) is 25.3 Å². The predicted molar refractivity (Wildman–Crippen MR) is 59.7 cm³/mol. The van der Waals surface area contributed by atoms with Crippen LogP contribution in [0.1, 0.15) is 51.9 Å². The number of hydrogen-bond acceptors (Lipinski definition) is 1. The summed E-state index contributed by atoms with van der Waals surface area (Å²) >= 11 is 0. The van der Waals surface area contributed by atoms with Crippen LogP contribution in [-0.2, 0) is 0 Å². The Morgan fingerprint density at radius 3 is 2.21 bits per heavy atom. The highest BCUT2D eigenvalue weighted by atomic mass is 15.2. The van der Waals surface area contributed by atoms with E-state index in [1.165, 1.54) is 38.5 Å². The van der Waals surface area contributed by atoms with Crippen molar-refractivity contribution in [2.45, 2.75) is 51.9 Å². The fraction of sp³-hybridized carbons (Fsp3) is 0.917. The number of likely N-dealkylation sites (tertiary alicyclic amines) is 1. The van der Waals surface area contributed by atoms with E-state index in [0.29, 0.717) is 5.41 Å². The van der Waals surface area contributed by atoms with Crippen LogP contribution in [0.5, 0.6) is 0 Å². The molecule has 1 N–H and O–H groups in total. The zero-order chi connectivity index (χ0) is 10.0. The van der Waals surface area contributed by atoms with E-state index in [-0.39, 0.29) is 0 Å². The maximum Gasteiger partial charge on any atom is 0.0954 e. The first-order valence-electron chi connectivity index (χ1n) is 6.08. The number of amidine groups is 1. The van der Waals surface area contributed by atoms with E-state index in [1.54, 1.807) is 0 Å². The third-order valence-corrected chi connectivity index (χ3v) is 4.20. The van der Waals surface area contributed by atoms with Crippen LogP contribution in [0.4, 0.5) is 0 Å². The van der Waals surface area contributed by atoms with Crippen molar-refractivity contribution in [2.75, 3.05) is 13.1 Å². The fourth-order valence-corrected chi connectivity index (χ4v) is 3.10. The Hall–Kier alpha value is -0.530. The molecule has 0 aromatic carbocycles.